The Labute approximate surface area is 121 Å². The zero-order valence-corrected chi connectivity index (χ0v) is 11.7. The molecule has 0 radical (unpaired) electrons. The Hall–Kier alpha value is -1.56. The van der Waals surface area contributed by atoms with Crippen molar-refractivity contribution in [3.05, 3.63) is 35.4 Å². The molecule has 21 heavy (non-hydrogen) atoms. The highest BCUT2D eigenvalue weighted by Crippen LogP contribution is 2.29. The molecule has 0 heterocycles. The summed E-state index contributed by atoms with van der Waals surface area (Å²) in [6.45, 7) is 1.17. The van der Waals surface area contributed by atoms with Crippen LogP contribution in [-0.2, 0) is 17.5 Å². The highest BCUT2D eigenvalue weighted by atomic mass is 19.4. The fourth-order valence-electron chi connectivity index (χ4n) is 1.95. The molecule has 0 unspecified atom stereocenters. The highest BCUT2D eigenvalue weighted by Gasteiger charge is 2.29. The number of carbonyl (C=O) groups is 1. The van der Waals surface area contributed by atoms with Gasteiger partial charge >= 0.3 is 6.18 Å². The van der Waals surface area contributed by atoms with Gasteiger partial charge in [0.15, 0.2) is 0 Å². The predicted molar refractivity (Wildman–Crippen MR) is 73.5 cm³/mol. The van der Waals surface area contributed by atoms with Crippen LogP contribution in [0.1, 0.15) is 36.8 Å². The first-order valence-electron chi connectivity index (χ1n) is 7.11. The van der Waals surface area contributed by atoms with Gasteiger partial charge in [-0.15, -0.1) is 0 Å². The molecule has 0 aliphatic heterocycles. The number of nitrogens with one attached hydrogen (secondary N) is 2. The third kappa shape index (κ3) is 5.75. The Morgan fingerprint density at radius 2 is 1.86 bits per heavy atom. The summed E-state index contributed by atoms with van der Waals surface area (Å²) >= 11 is 0. The van der Waals surface area contributed by atoms with E-state index in [0.29, 0.717) is 25.6 Å². The summed E-state index contributed by atoms with van der Waals surface area (Å²) in [5, 5.41) is 6.03. The van der Waals surface area contributed by atoms with Gasteiger partial charge in [-0.25, -0.2) is 0 Å². The Morgan fingerprint density at radius 1 is 1.19 bits per heavy atom. The Balaban J connectivity index is 1.60. The molecule has 0 aromatic heterocycles. The van der Waals surface area contributed by atoms with Gasteiger partial charge in [-0.3, -0.25) is 4.79 Å². The second kappa shape index (κ2) is 6.93. The van der Waals surface area contributed by atoms with E-state index in [4.69, 9.17) is 0 Å². The largest absolute Gasteiger partial charge is 0.416 e. The van der Waals surface area contributed by atoms with Crippen molar-refractivity contribution < 1.29 is 18.0 Å². The van der Waals surface area contributed by atoms with Crippen LogP contribution in [0.3, 0.4) is 0 Å². The maximum absolute atomic E-state index is 12.4. The number of benzene rings is 1. The lowest BCUT2D eigenvalue weighted by molar-refractivity contribution is -0.137. The SMILES string of the molecule is O=C(CCCNCc1ccc(C(F)(F)F)cc1)NC1CC1. The zero-order chi connectivity index (χ0) is 15.3. The minimum absolute atomic E-state index is 0.0776. The van der Waals surface area contributed by atoms with Crippen molar-refractivity contribution in [3.8, 4) is 0 Å². The number of rotatable bonds is 7. The van der Waals surface area contributed by atoms with Crippen molar-refractivity contribution in [2.45, 2.75) is 44.4 Å². The van der Waals surface area contributed by atoms with E-state index in [1.807, 2.05) is 0 Å². The van der Waals surface area contributed by atoms with Gasteiger partial charge in [0.05, 0.1) is 5.56 Å². The van der Waals surface area contributed by atoms with Gasteiger partial charge in [0.1, 0.15) is 0 Å². The molecule has 1 aliphatic carbocycles. The minimum atomic E-state index is -4.29. The summed E-state index contributed by atoms with van der Waals surface area (Å²) in [5.41, 5.74) is 0.161. The van der Waals surface area contributed by atoms with Crippen LogP contribution < -0.4 is 10.6 Å². The first-order valence-corrected chi connectivity index (χ1v) is 7.11. The first kappa shape index (κ1) is 15.8. The van der Waals surface area contributed by atoms with Crippen LogP contribution in [0.25, 0.3) is 0 Å². The standard InChI is InChI=1S/C15H19F3N2O/c16-15(17,18)12-5-3-11(4-6-12)10-19-9-1-2-14(21)20-13-7-8-13/h3-6,13,19H,1-2,7-10H2,(H,20,21). The number of halogens is 3. The molecule has 6 heteroatoms. The van der Waals surface area contributed by atoms with Crippen molar-refractivity contribution in [2.24, 2.45) is 0 Å². The summed E-state index contributed by atoms with van der Waals surface area (Å²) in [6.07, 6.45) is -0.924. The third-order valence-corrected chi connectivity index (χ3v) is 3.31. The molecule has 116 valence electrons. The van der Waals surface area contributed by atoms with Crippen LogP contribution in [-0.4, -0.2) is 18.5 Å². The van der Waals surface area contributed by atoms with E-state index in [1.165, 1.54) is 12.1 Å². The first-order chi connectivity index (χ1) is 9.95. The van der Waals surface area contributed by atoms with Crippen molar-refractivity contribution >= 4 is 5.91 Å². The minimum Gasteiger partial charge on any atom is -0.353 e. The molecule has 1 fully saturated rings. The molecule has 3 nitrogen and oxygen atoms in total. The summed E-state index contributed by atoms with van der Waals surface area (Å²) < 4.78 is 37.2. The summed E-state index contributed by atoms with van der Waals surface area (Å²) in [7, 11) is 0. The van der Waals surface area contributed by atoms with Crippen LogP contribution in [0.15, 0.2) is 24.3 Å². The monoisotopic (exact) mass is 300 g/mol. The normalized spacial score (nSPS) is 15.0. The molecule has 1 saturated carbocycles. The quantitative estimate of drug-likeness (QED) is 0.760. The van der Waals surface area contributed by atoms with E-state index in [1.54, 1.807) is 0 Å². The van der Waals surface area contributed by atoms with Gasteiger partial charge in [0, 0.05) is 19.0 Å². The lowest BCUT2D eigenvalue weighted by Gasteiger charge is -2.08. The van der Waals surface area contributed by atoms with Gasteiger partial charge in [0.2, 0.25) is 5.91 Å². The molecule has 1 aromatic carbocycles. The molecule has 0 saturated heterocycles. The maximum Gasteiger partial charge on any atom is 0.416 e. The van der Waals surface area contributed by atoms with Crippen LogP contribution >= 0.6 is 0 Å². The summed E-state index contributed by atoms with van der Waals surface area (Å²) in [6, 6.07) is 5.49. The van der Waals surface area contributed by atoms with Gasteiger partial charge < -0.3 is 10.6 Å². The number of hydrogen-bond acceptors (Lipinski definition) is 2. The van der Waals surface area contributed by atoms with E-state index in [-0.39, 0.29) is 5.91 Å². The number of hydrogen-bond donors (Lipinski definition) is 2. The second-order valence-electron chi connectivity index (χ2n) is 5.32. The lowest BCUT2D eigenvalue weighted by Crippen LogP contribution is -2.26. The number of carbonyl (C=O) groups excluding carboxylic acids is 1. The fraction of sp³-hybridized carbons (Fsp3) is 0.533. The third-order valence-electron chi connectivity index (χ3n) is 3.31. The van der Waals surface area contributed by atoms with Crippen molar-refractivity contribution in [1.82, 2.24) is 10.6 Å². The lowest BCUT2D eigenvalue weighted by atomic mass is 10.1. The molecule has 0 bridgehead atoms. The predicted octanol–water partition coefficient (Wildman–Crippen LogP) is 2.85. The van der Waals surface area contributed by atoms with E-state index in [2.05, 4.69) is 10.6 Å². The van der Waals surface area contributed by atoms with Gasteiger partial charge in [-0.1, -0.05) is 12.1 Å². The topological polar surface area (TPSA) is 41.1 Å². The van der Waals surface area contributed by atoms with E-state index < -0.39 is 11.7 Å². The van der Waals surface area contributed by atoms with Crippen molar-refractivity contribution in [2.75, 3.05) is 6.54 Å². The average Bonchev–Trinajstić information content (AvgIpc) is 3.22. The molecule has 0 spiro atoms. The zero-order valence-electron chi connectivity index (χ0n) is 11.7. The molecule has 2 rings (SSSR count). The van der Waals surface area contributed by atoms with Gasteiger partial charge in [-0.2, -0.15) is 13.2 Å². The maximum atomic E-state index is 12.4. The second-order valence-corrected chi connectivity index (χ2v) is 5.32. The van der Waals surface area contributed by atoms with Crippen LogP contribution in [0.2, 0.25) is 0 Å². The Kier molecular flexibility index (Phi) is 5.22. The van der Waals surface area contributed by atoms with Crippen molar-refractivity contribution in [1.29, 1.82) is 0 Å². The van der Waals surface area contributed by atoms with E-state index >= 15 is 0 Å². The molecule has 2 N–H and O–H groups in total. The van der Waals surface area contributed by atoms with Gasteiger partial charge in [-0.05, 0) is 43.5 Å². The molecule has 1 aromatic rings. The van der Waals surface area contributed by atoms with E-state index in [0.717, 1.165) is 37.0 Å². The van der Waals surface area contributed by atoms with Crippen molar-refractivity contribution in [3.63, 3.8) is 0 Å². The van der Waals surface area contributed by atoms with E-state index in [9.17, 15) is 18.0 Å². The number of alkyl halides is 3. The Morgan fingerprint density at radius 3 is 2.43 bits per heavy atom. The molecule has 1 amide bonds. The molecular formula is C15H19F3N2O. The fourth-order valence-corrected chi connectivity index (χ4v) is 1.95. The summed E-state index contributed by atoms with van der Waals surface area (Å²) in [4.78, 5) is 11.4. The molecule has 1 aliphatic rings. The smallest absolute Gasteiger partial charge is 0.353 e. The van der Waals surface area contributed by atoms with Crippen LogP contribution in [0.5, 0.6) is 0 Å². The summed E-state index contributed by atoms with van der Waals surface area (Å²) in [5.74, 6) is 0.0776. The highest BCUT2D eigenvalue weighted by molar-refractivity contribution is 5.76. The molecule has 0 atom stereocenters. The Bertz CT molecular complexity index is 467. The van der Waals surface area contributed by atoms with Gasteiger partial charge in [0.25, 0.3) is 0 Å². The number of amides is 1. The average molecular weight is 300 g/mol. The van der Waals surface area contributed by atoms with Crippen LogP contribution in [0, 0.1) is 0 Å². The van der Waals surface area contributed by atoms with Crippen LogP contribution in [0.4, 0.5) is 13.2 Å². The molecular weight excluding hydrogens is 281 g/mol.